The van der Waals surface area contributed by atoms with Crippen LogP contribution in [0.1, 0.15) is 19.8 Å². The fourth-order valence-corrected chi connectivity index (χ4v) is 3.10. The van der Waals surface area contributed by atoms with Gasteiger partial charge in [-0.25, -0.2) is 13.6 Å². The predicted molar refractivity (Wildman–Crippen MR) is 63.7 cm³/mol. The van der Waals surface area contributed by atoms with E-state index in [1.54, 1.807) is 12.0 Å². The van der Waals surface area contributed by atoms with E-state index >= 15 is 0 Å². The van der Waals surface area contributed by atoms with Gasteiger partial charge in [-0.2, -0.15) is 0 Å². The quantitative estimate of drug-likeness (QED) is 0.703. The average molecular weight is 264 g/mol. The molecule has 1 saturated heterocycles. The molecule has 0 aromatic rings. The van der Waals surface area contributed by atoms with Crippen LogP contribution in [0.3, 0.4) is 0 Å². The summed E-state index contributed by atoms with van der Waals surface area (Å²) in [6.07, 6.45) is 1.05. The molecule has 1 fully saturated rings. The Kier molecular flexibility index (Phi) is 4.91. The maximum absolute atomic E-state index is 11.8. The van der Waals surface area contributed by atoms with Crippen LogP contribution < -0.4 is 5.14 Å². The summed E-state index contributed by atoms with van der Waals surface area (Å²) >= 11 is 0. The summed E-state index contributed by atoms with van der Waals surface area (Å²) in [6, 6.07) is 0.0259. The van der Waals surface area contributed by atoms with E-state index in [0.29, 0.717) is 13.2 Å². The number of methoxy groups -OCH3 is 1. The standard InChI is InChI=1S/C10H20N2O4S/c1-3-9(6-16-2)12-5-8(4-10(12)13)7-17(11,14)15/h8-9H,3-7H2,1-2H3,(H2,11,14,15). The van der Waals surface area contributed by atoms with Crippen LogP contribution in [0.15, 0.2) is 0 Å². The third kappa shape index (κ3) is 4.25. The Hall–Kier alpha value is -0.660. The minimum absolute atomic E-state index is 0.0115. The van der Waals surface area contributed by atoms with Gasteiger partial charge in [-0.05, 0) is 6.42 Å². The summed E-state index contributed by atoms with van der Waals surface area (Å²) in [5, 5.41) is 4.99. The van der Waals surface area contributed by atoms with Crippen LogP contribution in [0.2, 0.25) is 0 Å². The number of sulfonamides is 1. The normalized spacial score (nSPS) is 23.1. The second-order valence-electron chi connectivity index (χ2n) is 4.46. The summed E-state index contributed by atoms with van der Waals surface area (Å²) in [4.78, 5) is 13.5. The number of carbonyl (C=O) groups excluding carboxylic acids is 1. The van der Waals surface area contributed by atoms with E-state index in [4.69, 9.17) is 9.88 Å². The first kappa shape index (κ1) is 14.4. The first-order valence-corrected chi connectivity index (χ1v) is 7.37. The molecule has 0 aromatic carbocycles. The van der Waals surface area contributed by atoms with Crippen molar-refractivity contribution in [3.05, 3.63) is 0 Å². The van der Waals surface area contributed by atoms with Crippen molar-refractivity contribution in [2.75, 3.05) is 26.0 Å². The van der Waals surface area contributed by atoms with Gasteiger partial charge in [-0.15, -0.1) is 0 Å². The summed E-state index contributed by atoms with van der Waals surface area (Å²) < 4.78 is 27.0. The van der Waals surface area contributed by atoms with Gasteiger partial charge in [-0.3, -0.25) is 4.79 Å². The number of nitrogens with two attached hydrogens (primary N) is 1. The lowest BCUT2D eigenvalue weighted by Crippen LogP contribution is -2.39. The maximum Gasteiger partial charge on any atom is 0.223 e. The Morgan fingerprint density at radius 3 is 2.71 bits per heavy atom. The van der Waals surface area contributed by atoms with Gasteiger partial charge in [0.05, 0.1) is 18.4 Å². The number of nitrogens with zero attached hydrogens (tertiary/aromatic N) is 1. The molecule has 0 spiro atoms. The van der Waals surface area contributed by atoms with Crippen LogP contribution in [0.4, 0.5) is 0 Å². The van der Waals surface area contributed by atoms with Crippen LogP contribution in [0.25, 0.3) is 0 Å². The van der Waals surface area contributed by atoms with E-state index < -0.39 is 10.0 Å². The van der Waals surface area contributed by atoms with Crippen LogP contribution >= 0.6 is 0 Å². The molecule has 0 bridgehead atoms. The molecule has 2 atom stereocenters. The number of primary sulfonamides is 1. The molecule has 17 heavy (non-hydrogen) atoms. The van der Waals surface area contributed by atoms with Crippen molar-refractivity contribution in [2.24, 2.45) is 11.1 Å². The van der Waals surface area contributed by atoms with E-state index in [2.05, 4.69) is 0 Å². The lowest BCUT2D eigenvalue weighted by molar-refractivity contribution is -0.130. The molecule has 100 valence electrons. The molecule has 7 heteroatoms. The lowest BCUT2D eigenvalue weighted by Gasteiger charge is -2.26. The third-order valence-corrected chi connectivity index (χ3v) is 3.91. The highest BCUT2D eigenvalue weighted by Gasteiger charge is 2.35. The zero-order valence-electron chi connectivity index (χ0n) is 10.3. The van der Waals surface area contributed by atoms with E-state index in [-0.39, 0.29) is 30.0 Å². The molecule has 0 radical (unpaired) electrons. The van der Waals surface area contributed by atoms with Crippen molar-refractivity contribution in [3.8, 4) is 0 Å². The highest BCUT2D eigenvalue weighted by Crippen LogP contribution is 2.22. The zero-order chi connectivity index (χ0) is 13.1. The third-order valence-electron chi connectivity index (χ3n) is 2.98. The molecule has 2 N–H and O–H groups in total. The predicted octanol–water partition coefficient (Wildman–Crippen LogP) is -0.452. The number of likely N-dealkylation sites (tertiary alicyclic amines) is 1. The molecule has 1 amide bonds. The fourth-order valence-electron chi connectivity index (χ4n) is 2.22. The van der Waals surface area contributed by atoms with Gasteiger partial charge in [0.15, 0.2) is 0 Å². The van der Waals surface area contributed by atoms with Gasteiger partial charge in [0.2, 0.25) is 15.9 Å². The first-order valence-electron chi connectivity index (χ1n) is 5.66. The fraction of sp³-hybridized carbons (Fsp3) is 0.900. The number of hydrogen-bond donors (Lipinski definition) is 1. The number of ether oxygens (including phenoxy) is 1. The van der Waals surface area contributed by atoms with Gasteiger partial charge in [0.25, 0.3) is 0 Å². The Labute approximate surface area is 102 Å². The number of amides is 1. The molecule has 2 unspecified atom stereocenters. The van der Waals surface area contributed by atoms with Crippen molar-refractivity contribution in [1.82, 2.24) is 4.90 Å². The van der Waals surface area contributed by atoms with E-state index in [0.717, 1.165) is 6.42 Å². The highest BCUT2D eigenvalue weighted by molar-refractivity contribution is 7.89. The monoisotopic (exact) mass is 264 g/mol. The van der Waals surface area contributed by atoms with Crippen molar-refractivity contribution < 1.29 is 17.9 Å². The molecule has 0 aliphatic carbocycles. The Morgan fingerprint density at radius 2 is 2.24 bits per heavy atom. The topological polar surface area (TPSA) is 89.7 Å². The van der Waals surface area contributed by atoms with Crippen LogP contribution in [-0.4, -0.2) is 51.3 Å². The van der Waals surface area contributed by atoms with Crippen molar-refractivity contribution in [3.63, 3.8) is 0 Å². The number of rotatable bonds is 6. The summed E-state index contributed by atoms with van der Waals surface area (Å²) in [7, 11) is -1.92. The smallest absolute Gasteiger partial charge is 0.223 e. The van der Waals surface area contributed by atoms with E-state index in [1.165, 1.54) is 0 Å². The lowest BCUT2D eigenvalue weighted by atomic mass is 10.1. The highest BCUT2D eigenvalue weighted by atomic mass is 32.2. The SMILES string of the molecule is CCC(COC)N1CC(CS(N)(=O)=O)CC1=O. The number of hydrogen-bond acceptors (Lipinski definition) is 4. The zero-order valence-corrected chi connectivity index (χ0v) is 11.1. The Morgan fingerprint density at radius 1 is 1.59 bits per heavy atom. The molecular weight excluding hydrogens is 244 g/mol. The van der Waals surface area contributed by atoms with Gasteiger partial charge < -0.3 is 9.64 Å². The molecule has 6 nitrogen and oxygen atoms in total. The largest absolute Gasteiger partial charge is 0.383 e. The number of carbonyl (C=O) groups is 1. The molecule has 0 saturated carbocycles. The molecule has 1 rings (SSSR count). The second-order valence-corrected chi connectivity index (χ2v) is 6.12. The van der Waals surface area contributed by atoms with Crippen LogP contribution in [-0.2, 0) is 19.6 Å². The van der Waals surface area contributed by atoms with Crippen LogP contribution in [0, 0.1) is 5.92 Å². The van der Waals surface area contributed by atoms with Gasteiger partial charge in [-0.1, -0.05) is 6.92 Å². The van der Waals surface area contributed by atoms with Crippen molar-refractivity contribution >= 4 is 15.9 Å². The maximum atomic E-state index is 11.8. The molecular formula is C10H20N2O4S. The van der Waals surface area contributed by atoms with Gasteiger partial charge in [0, 0.05) is 26.0 Å². The van der Waals surface area contributed by atoms with Crippen molar-refractivity contribution in [2.45, 2.75) is 25.8 Å². The average Bonchev–Trinajstić information content (AvgIpc) is 2.53. The van der Waals surface area contributed by atoms with Crippen LogP contribution in [0.5, 0.6) is 0 Å². The Bertz CT molecular complexity index is 369. The van der Waals surface area contributed by atoms with E-state index in [1.807, 2.05) is 6.92 Å². The molecule has 1 aliphatic rings. The Balaban J connectivity index is 2.63. The van der Waals surface area contributed by atoms with Crippen molar-refractivity contribution in [1.29, 1.82) is 0 Å². The van der Waals surface area contributed by atoms with Gasteiger partial charge >= 0.3 is 0 Å². The summed E-state index contributed by atoms with van der Waals surface area (Å²) in [5.74, 6) is -0.329. The van der Waals surface area contributed by atoms with Gasteiger partial charge in [0.1, 0.15) is 0 Å². The second kappa shape index (κ2) is 5.79. The summed E-state index contributed by atoms with van der Waals surface area (Å²) in [5.41, 5.74) is 0. The first-order chi connectivity index (χ1) is 7.87. The molecule has 1 aliphatic heterocycles. The minimum Gasteiger partial charge on any atom is -0.383 e. The molecule has 0 aromatic heterocycles. The van der Waals surface area contributed by atoms with E-state index in [9.17, 15) is 13.2 Å². The summed E-state index contributed by atoms with van der Waals surface area (Å²) in [6.45, 7) is 2.91. The molecule has 1 heterocycles. The minimum atomic E-state index is -3.51.